The molecule has 0 amide bonds. The predicted molar refractivity (Wildman–Crippen MR) is 122 cm³/mol. The van der Waals surface area contributed by atoms with Gasteiger partial charge in [0.25, 0.3) is 0 Å². The van der Waals surface area contributed by atoms with Gasteiger partial charge in [0, 0.05) is 17.7 Å². The Morgan fingerprint density at radius 2 is 1.27 bits per heavy atom. The van der Waals surface area contributed by atoms with Crippen molar-refractivity contribution >= 4 is 5.97 Å². The molecule has 1 atom stereocenters. The van der Waals surface area contributed by atoms with Crippen LogP contribution in [0.15, 0.2) is 12.1 Å². The highest BCUT2D eigenvalue weighted by molar-refractivity contribution is 5.73. The first kappa shape index (κ1) is 26.1. The number of methoxy groups -OCH3 is 4. The Bertz CT molecular complexity index is 574. The van der Waals surface area contributed by atoms with Gasteiger partial charge in [0.1, 0.15) is 17.2 Å². The number of hydrogen-bond donors (Lipinski definition) is 0. The van der Waals surface area contributed by atoms with E-state index in [-0.39, 0.29) is 11.9 Å². The van der Waals surface area contributed by atoms with Crippen LogP contribution in [0.2, 0.25) is 0 Å². The summed E-state index contributed by atoms with van der Waals surface area (Å²) in [5.74, 6) is 1.62. The van der Waals surface area contributed by atoms with Crippen LogP contribution in [0, 0.1) is 5.92 Å². The molecular weight excluding hydrogens is 380 g/mol. The van der Waals surface area contributed by atoms with Crippen molar-refractivity contribution < 1.29 is 23.7 Å². The van der Waals surface area contributed by atoms with Crippen LogP contribution in [-0.4, -0.2) is 34.4 Å². The number of ether oxygens (including phenoxy) is 4. The molecule has 0 aliphatic carbocycles. The monoisotopic (exact) mass is 422 g/mol. The number of benzene rings is 1. The summed E-state index contributed by atoms with van der Waals surface area (Å²) in [7, 11) is 6.30. The van der Waals surface area contributed by atoms with Gasteiger partial charge >= 0.3 is 5.97 Å². The molecule has 0 fully saturated rings. The summed E-state index contributed by atoms with van der Waals surface area (Å²) in [6.07, 6.45) is 14.1. The summed E-state index contributed by atoms with van der Waals surface area (Å²) >= 11 is 0. The minimum Gasteiger partial charge on any atom is -0.496 e. The van der Waals surface area contributed by atoms with E-state index >= 15 is 0 Å². The molecule has 5 nitrogen and oxygen atoms in total. The fraction of sp³-hybridized carbons (Fsp3) is 0.720. The molecule has 172 valence electrons. The zero-order valence-corrected chi connectivity index (χ0v) is 19.8. The van der Waals surface area contributed by atoms with Gasteiger partial charge in [-0.3, -0.25) is 4.79 Å². The van der Waals surface area contributed by atoms with Crippen LogP contribution in [0.1, 0.15) is 83.1 Å². The van der Waals surface area contributed by atoms with E-state index in [1.165, 1.54) is 58.5 Å². The van der Waals surface area contributed by atoms with Crippen LogP contribution in [0.5, 0.6) is 17.2 Å². The Labute approximate surface area is 183 Å². The number of carbonyl (C=O) groups is 1. The van der Waals surface area contributed by atoms with Crippen LogP contribution in [0.4, 0.5) is 0 Å². The third kappa shape index (κ3) is 9.27. The summed E-state index contributed by atoms with van der Waals surface area (Å²) in [4.78, 5) is 12.4. The third-order valence-corrected chi connectivity index (χ3v) is 5.71. The van der Waals surface area contributed by atoms with Gasteiger partial charge in [0.2, 0.25) is 0 Å². The Morgan fingerprint density at radius 3 is 1.70 bits per heavy atom. The van der Waals surface area contributed by atoms with Crippen LogP contribution < -0.4 is 14.2 Å². The summed E-state index contributed by atoms with van der Waals surface area (Å²) < 4.78 is 21.5. The number of unbranched alkanes of at least 4 members (excludes halogenated alkanes) is 9. The molecule has 0 N–H and O–H groups in total. The molecule has 0 radical (unpaired) electrons. The first-order chi connectivity index (χ1) is 14.6. The molecule has 0 spiro atoms. The molecule has 0 aliphatic heterocycles. The summed E-state index contributed by atoms with van der Waals surface area (Å²) in [6, 6.07) is 3.65. The summed E-state index contributed by atoms with van der Waals surface area (Å²) in [5.41, 5.74) is 0.878. The zero-order chi connectivity index (χ0) is 22.2. The molecule has 1 aromatic carbocycles. The maximum Gasteiger partial charge on any atom is 0.308 e. The summed E-state index contributed by atoms with van der Waals surface area (Å²) in [6.45, 7) is 2.25. The van der Waals surface area contributed by atoms with Crippen molar-refractivity contribution in [2.75, 3.05) is 28.4 Å². The van der Waals surface area contributed by atoms with Crippen LogP contribution in [0.25, 0.3) is 0 Å². The highest BCUT2D eigenvalue weighted by Gasteiger charge is 2.24. The van der Waals surface area contributed by atoms with Crippen molar-refractivity contribution in [3.8, 4) is 17.2 Å². The van der Waals surface area contributed by atoms with Crippen LogP contribution in [0.3, 0.4) is 0 Å². The molecule has 0 aliphatic rings. The lowest BCUT2D eigenvalue weighted by Crippen LogP contribution is -2.19. The molecule has 0 saturated heterocycles. The molecule has 5 heteroatoms. The molecule has 0 aromatic heterocycles. The van der Waals surface area contributed by atoms with Gasteiger partial charge in [0.15, 0.2) is 0 Å². The second-order valence-electron chi connectivity index (χ2n) is 7.91. The predicted octanol–water partition coefficient (Wildman–Crippen LogP) is 6.36. The Hall–Kier alpha value is -1.91. The molecular formula is C25H42O5. The van der Waals surface area contributed by atoms with E-state index in [0.717, 1.165) is 24.8 Å². The van der Waals surface area contributed by atoms with Gasteiger partial charge in [0.05, 0.1) is 34.4 Å². The molecule has 0 heterocycles. The lowest BCUT2D eigenvalue weighted by molar-refractivity contribution is -0.145. The highest BCUT2D eigenvalue weighted by Crippen LogP contribution is 2.36. The smallest absolute Gasteiger partial charge is 0.308 e. The van der Waals surface area contributed by atoms with Gasteiger partial charge in [-0.1, -0.05) is 71.1 Å². The minimum atomic E-state index is -0.208. The lowest BCUT2D eigenvalue weighted by atomic mass is 9.92. The second kappa shape index (κ2) is 15.9. The number of hydrogen-bond acceptors (Lipinski definition) is 5. The molecule has 1 unspecified atom stereocenters. The van der Waals surface area contributed by atoms with Gasteiger partial charge in [-0.05, 0) is 12.8 Å². The largest absolute Gasteiger partial charge is 0.496 e. The lowest BCUT2D eigenvalue weighted by Gasteiger charge is -2.19. The molecule has 0 saturated carbocycles. The average molecular weight is 423 g/mol. The fourth-order valence-corrected chi connectivity index (χ4v) is 3.87. The highest BCUT2D eigenvalue weighted by atomic mass is 16.5. The fourth-order valence-electron chi connectivity index (χ4n) is 3.87. The van der Waals surface area contributed by atoms with Gasteiger partial charge in [-0.2, -0.15) is 0 Å². The van der Waals surface area contributed by atoms with E-state index in [0.29, 0.717) is 23.7 Å². The maximum absolute atomic E-state index is 12.4. The molecule has 1 rings (SSSR count). The van der Waals surface area contributed by atoms with Gasteiger partial charge in [-0.25, -0.2) is 0 Å². The van der Waals surface area contributed by atoms with Crippen molar-refractivity contribution in [3.05, 3.63) is 17.7 Å². The van der Waals surface area contributed by atoms with Crippen LogP contribution >= 0.6 is 0 Å². The Balaban J connectivity index is 2.56. The minimum absolute atomic E-state index is 0.175. The van der Waals surface area contributed by atoms with Gasteiger partial charge < -0.3 is 18.9 Å². The number of esters is 1. The second-order valence-corrected chi connectivity index (χ2v) is 7.91. The van der Waals surface area contributed by atoms with Gasteiger partial charge in [-0.15, -0.1) is 0 Å². The first-order valence-corrected chi connectivity index (χ1v) is 11.5. The Morgan fingerprint density at radius 1 is 0.767 bits per heavy atom. The van der Waals surface area contributed by atoms with E-state index in [1.807, 2.05) is 12.1 Å². The van der Waals surface area contributed by atoms with E-state index < -0.39 is 0 Å². The number of rotatable bonds is 17. The molecule has 1 aromatic rings. The quantitative estimate of drug-likeness (QED) is 0.216. The molecule has 30 heavy (non-hydrogen) atoms. The average Bonchev–Trinajstić information content (AvgIpc) is 2.78. The maximum atomic E-state index is 12.4. The third-order valence-electron chi connectivity index (χ3n) is 5.71. The zero-order valence-electron chi connectivity index (χ0n) is 19.8. The van der Waals surface area contributed by atoms with Crippen molar-refractivity contribution in [1.29, 1.82) is 0 Å². The Kier molecular flexibility index (Phi) is 13.8. The number of carbonyl (C=O) groups excluding carboxylic acids is 1. The topological polar surface area (TPSA) is 54.0 Å². The van der Waals surface area contributed by atoms with E-state index in [4.69, 9.17) is 18.9 Å². The van der Waals surface area contributed by atoms with Crippen molar-refractivity contribution in [2.45, 2.75) is 84.0 Å². The van der Waals surface area contributed by atoms with Crippen molar-refractivity contribution in [3.63, 3.8) is 0 Å². The SMILES string of the molecule is CCCCCCCCCCCCC(Cc1c(OC)cc(OC)cc1OC)C(=O)OC. The normalized spacial score (nSPS) is 11.8. The first-order valence-electron chi connectivity index (χ1n) is 11.5. The van der Waals surface area contributed by atoms with Crippen molar-refractivity contribution in [2.24, 2.45) is 5.92 Å². The van der Waals surface area contributed by atoms with Crippen LogP contribution in [-0.2, 0) is 16.0 Å². The summed E-state index contributed by atoms with van der Waals surface area (Å²) in [5, 5.41) is 0. The standard InChI is InChI=1S/C25H42O5/c1-6-7-8-9-10-11-12-13-14-15-16-20(25(26)30-5)17-22-23(28-3)18-21(27-2)19-24(22)29-4/h18-20H,6-17H2,1-5H3. The molecule has 0 bridgehead atoms. The van der Waals surface area contributed by atoms with Crippen molar-refractivity contribution in [1.82, 2.24) is 0 Å². The van der Waals surface area contributed by atoms with E-state index in [1.54, 1.807) is 21.3 Å². The van der Waals surface area contributed by atoms with E-state index in [2.05, 4.69) is 6.92 Å². The van der Waals surface area contributed by atoms with E-state index in [9.17, 15) is 4.79 Å².